The number of thiophene rings is 1. The van der Waals surface area contributed by atoms with Crippen LogP contribution in [-0.4, -0.2) is 46.1 Å². The molecule has 2 atom stereocenters. The summed E-state index contributed by atoms with van der Waals surface area (Å²) in [6.07, 6.45) is 0.443. The number of aliphatic hydroxyl groups excluding tert-OH is 1. The third-order valence-electron chi connectivity index (χ3n) is 4.23. The SMILES string of the molecule is Cc1ccc(C(=O)N2CC(O)CC2C(=O)NC(C)(C)CC(C)(C)C)s1. The third-order valence-corrected chi connectivity index (χ3v) is 5.22. The molecule has 5 nitrogen and oxygen atoms in total. The molecule has 1 aromatic rings. The maximum atomic E-state index is 12.8. The molecule has 0 bridgehead atoms. The summed E-state index contributed by atoms with van der Waals surface area (Å²) in [4.78, 5) is 28.8. The number of aliphatic hydroxyl groups is 1. The summed E-state index contributed by atoms with van der Waals surface area (Å²) in [5.74, 6) is -0.365. The van der Waals surface area contributed by atoms with Crippen molar-refractivity contribution in [2.45, 2.75) is 72.1 Å². The first kappa shape index (κ1) is 19.9. The minimum Gasteiger partial charge on any atom is -0.391 e. The van der Waals surface area contributed by atoms with Gasteiger partial charge in [0.1, 0.15) is 6.04 Å². The second kappa shape index (κ2) is 7.08. The van der Waals surface area contributed by atoms with Crippen molar-refractivity contribution < 1.29 is 14.7 Å². The van der Waals surface area contributed by atoms with Gasteiger partial charge in [0.2, 0.25) is 5.91 Å². The first-order chi connectivity index (χ1) is 11.4. The molecule has 2 unspecified atom stereocenters. The van der Waals surface area contributed by atoms with Crippen LogP contribution in [0.15, 0.2) is 12.1 Å². The molecule has 140 valence electrons. The Morgan fingerprint density at radius 1 is 1.28 bits per heavy atom. The van der Waals surface area contributed by atoms with E-state index in [1.807, 2.05) is 26.8 Å². The summed E-state index contributed by atoms with van der Waals surface area (Å²) in [7, 11) is 0. The Balaban J connectivity index is 2.12. The van der Waals surface area contributed by atoms with Crippen LogP contribution in [0.2, 0.25) is 0 Å². The topological polar surface area (TPSA) is 69.6 Å². The number of rotatable bonds is 4. The fourth-order valence-electron chi connectivity index (χ4n) is 3.76. The molecule has 2 heterocycles. The molecule has 1 aromatic heterocycles. The molecule has 0 radical (unpaired) electrons. The number of β-amino-alcohol motifs (C(OH)–C–C–N with tert-alkyl or cyclic N) is 1. The van der Waals surface area contributed by atoms with E-state index in [9.17, 15) is 14.7 Å². The smallest absolute Gasteiger partial charge is 0.264 e. The van der Waals surface area contributed by atoms with E-state index in [4.69, 9.17) is 0 Å². The molecular formula is C19H30N2O3S. The van der Waals surface area contributed by atoms with Gasteiger partial charge in [-0.25, -0.2) is 0 Å². The lowest BCUT2D eigenvalue weighted by atomic mass is 9.81. The van der Waals surface area contributed by atoms with Crippen LogP contribution in [-0.2, 0) is 4.79 Å². The van der Waals surface area contributed by atoms with Crippen LogP contribution in [0.25, 0.3) is 0 Å². The van der Waals surface area contributed by atoms with Crippen molar-refractivity contribution in [3.8, 4) is 0 Å². The summed E-state index contributed by atoms with van der Waals surface area (Å²) in [6, 6.07) is 3.06. The average Bonchev–Trinajstić information content (AvgIpc) is 3.00. The van der Waals surface area contributed by atoms with Gasteiger partial charge in [-0.05, 0) is 44.7 Å². The Morgan fingerprint density at radius 3 is 2.44 bits per heavy atom. The fourth-order valence-corrected chi connectivity index (χ4v) is 4.59. The van der Waals surface area contributed by atoms with Crippen LogP contribution >= 0.6 is 11.3 Å². The number of carbonyl (C=O) groups excluding carboxylic acids is 2. The Morgan fingerprint density at radius 2 is 1.92 bits per heavy atom. The summed E-state index contributed by atoms with van der Waals surface area (Å²) in [5, 5.41) is 13.1. The first-order valence-electron chi connectivity index (χ1n) is 8.75. The predicted octanol–water partition coefficient (Wildman–Crippen LogP) is 2.96. The van der Waals surface area contributed by atoms with E-state index in [0.717, 1.165) is 11.3 Å². The largest absolute Gasteiger partial charge is 0.391 e. The second-order valence-corrected chi connectivity index (χ2v) is 10.2. The predicted molar refractivity (Wildman–Crippen MR) is 101 cm³/mol. The van der Waals surface area contributed by atoms with Gasteiger partial charge in [0.25, 0.3) is 5.91 Å². The van der Waals surface area contributed by atoms with Crippen molar-refractivity contribution in [2.75, 3.05) is 6.54 Å². The highest BCUT2D eigenvalue weighted by Gasteiger charge is 2.41. The molecule has 0 aliphatic carbocycles. The van der Waals surface area contributed by atoms with Crippen molar-refractivity contribution in [1.29, 1.82) is 0 Å². The zero-order valence-corrected chi connectivity index (χ0v) is 16.9. The number of nitrogens with zero attached hydrogens (tertiary/aromatic N) is 1. The third kappa shape index (κ3) is 5.28. The number of carbonyl (C=O) groups is 2. The molecule has 2 amide bonds. The van der Waals surface area contributed by atoms with Gasteiger partial charge < -0.3 is 15.3 Å². The van der Waals surface area contributed by atoms with E-state index >= 15 is 0 Å². The summed E-state index contributed by atoms with van der Waals surface area (Å²) >= 11 is 1.41. The van der Waals surface area contributed by atoms with Crippen molar-refractivity contribution in [1.82, 2.24) is 10.2 Å². The van der Waals surface area contributed by atoms with E-state index in [2.05, 4.69) is 26.1 Å². The van der Waals surface area contributed by atoms with Crippen LogP contribution in [0.5, 0.6) is 0 Å². The van der Waals surface area contributed by atoms with Crippen molar-refractivity contribution >= 4 is 23.2 Å². The van der Waals surface area contributed by atoms with Crippen LogP contribution < -0.4 is 5.32 Å². The highest BCUT2D eigenvalue weighted by Crippen LogP contribution is 2.28. The van der Waals surface area contributed by atoms with Crippen LogP contribution in [0.1, 0.15) is 62.0 Å². The molecule has 1 fully saturated rings. The van der Waals surface area contributed by atoms with Crippen molar-refractivity contribution in [2.24, 2.45) is 5.41 Å². The van der Waals surface area contributed by atoms with Crippen molar-refractivity contribution in [3.63, 3.8) is 0 Å². The zero-order chi connectivity index (χ0) is 19.0. The Bertz CT molecular complexity index is 645. The highest BCUT2D eigenvalue weighted by molar-refractivity contribution is 7.13. The van der Waals surface area contributed by atoms with Gasteiger partial charge in [0.05, 0.1) is 11.0 Å². The fraction of sp³-hybridized carbons (Fsp3) is 0.684. The van der Waals surface area contributed by atoms with Gasteiger partial charge in [-0.2, -0.15) is 0 Å². The number of nitrogens with one attached hydrogen (secondary N) is 1. The van der Waals surface area contributed by atoms with E-state index in [1.54, 1.807) is 6.07 Å². The maximum absolute atomic E-state index is 12.8. The van der Waals surface area contributed by atoms with E-state index in [1.165, 1.54) is 16.2 Å². The summed E-state index contributed by atoms with van der Waals surface area (Å²) < 4.78 is 0. The number of aryl methyl sites for hydroxylation is 1. The molecule has 1 saturated heterocycles. The molecule has 25 heavy (non-hydrogen) atoms. The van der Waals surface area contributed by atoms with Gasteiger partial charge in [0.15, 0.2) is 0 Å². The van der Waals surface area contributed by atoms with Crippen molar-refractivity contribution in [3.05, 3.63) is 21.9 Å². The van der Waals surface area contributed by atoms with Gasteiger partial charge in [-0.15, -0.1) is 11.3 Å². The lowest BCUT2D eigenvalue weighted by Crippen LogP contribution is -2.53. The number of hydrogen-bond acceptors (Lipinski definition) is 4. The monoisotopic (exact) mass is 366 g/mol. The van der Waals surface area contributed by atoms with Gasteiger partial charge >= 0.3 is 0 Å². The second-order valence-electron chi connectivity index (χ2n) is 8.88. The number of hydrogen-bond donors (Lipinski definition) is 2. The van der Waals surface area contributed by atoms with Crippen LogP contribution in [0, 0.1) is 12.3 Å². The molecule has 0 aromatic carbocycles. The van der Waals surface area contributed by atoms with Gasteiger partial charge in [-0.3, -0.25) is 9.59 Å². The standard InChI is InChI=1S/C19H30N2O3S/c1-12-7-8-15(25-12)17(24)21-10-13(22)9-14(21)16(23)20-19(5,6)11-18(2,3)4/h7-8,13-14,22H,9-11H2,1-6H3,(H,20,23). The molecular weight excluding hydrogens is 336 g/mol. The Kier molecular flexibility index (Phi) is 5.64. The molecule has 0 saturated carbocycles. The Labute approximate surface area is 154 Å². The lowest BCUT2D eigenvalue weighted by Gasteiger charge is -2.35. The first-order valence-corrected chi connectivity index (χ1v) is 9.57. The van der Waals surface area contributed by atoms with Gasteiger partial charge in [0, 0.05) is 23.4 Å². The summed E-state index contributed by atoms with van der Waals surface area (Å²) in [6.45, 7) is 12.5. The normalized spacial score (nSPS) is 21.5. The summed E-state index contributed by atoms with van der Waals surface area (Å²) in [5.41, 5.74) is -0.299. The van der Waals surface area contributed by atoms with E-state index in [-0.39, 0.29) is 35.7 Å². The van der Waals surface area contributed by atoms with E-state index < -0.39 is 12.1 Å². The Hall–Kier alpha value is -1.40. The molecule has 1 aliphatic heterocycles. The van der Waals surface area contributed by atoms with Crippen LogP contribution in [0.3, 0.4) is 0 Å². The van der Waals surface area contributed by atoms with Gasteiger partial charge in [-0.1, -0.05) is 20.8 Å². The minimum absolute atomic E-state index is 0.0793. The molecule has 6 heteroatoms. The average molecular weight is 367 g/mol. The highest BCUT2D eigenvalue weighted by atomic mass is 32.1. The quantitative estimate of drug-likeness (QED) is 0.861. The molecule has 0 spiro atoms. The zero-order valence-electron chi connectivity index (χ0n) is 16.0. The minimum atomic E-state index is -0.661. The number of likely N-dealkylation sites (tertiary alicyclic amines) is 1. The lowest BCUT2D eigenvalue weighted by molar-refractivity contribution is -0.126. The maximum Gasteiger partial charge on any atom is 0.264 e. The molecule has 2 rings (SSSR count). The number of amides is 2. The van der Waals surface area contributed by atoms with E-state index in [0.29, 0.717) is 4.88 Å². The molecule has 1 aliphatic rings. The molecule has 2 N–H and O–H groups in total. The van der Waals surface area contributed by atoms with Crippen LogP contribution in [0.4, 0.5) is 0 Å².